The number of carbonyl (C=O) groups is 1. The lowest BCUT2D eigenvalue weighted by Gasteiger charge is -2.09. The van der Waals surface area contributed by atoms with Crippen LogP contribution in [0, 0.1) is 5.82 Å². The van der Waals surface area contributed by atoms with Crippen LogP contribution in [0.4, 0.5) is 29.1 Å². The van der Waals surface area contributed by atoms with Crippen LogP contribution in [0.1, 0.15) is 21.6 Å². The van der Waals surface area contributed by atoms with Gasteiger partial charge in [0.1, 0.15) is 23.7 Å². The van der Waals surface area contributed by atoms with Gasteiger partial charge in [0.2, 0.25) is 0 Å². The van der Waals surface area contributed by atoms with Crippen LogP contribution in [0.5, 0.6) is 0 Å². The lowest BCUT2D eigenvalue weighted by atomic mass is 10.2. The molecule has 144 valence electrons. The summed E-state index contributed by atoms with van der Waals surface area (Å²) in [7, 11) is 0. The van der Waals surface area contributed by atoms with Gasteiger partial charge in [0.15, 0.2) is 0 Å². The highest BCUT2D eigenvalue weighted by Gasteiger charge is 2.30. The summed E-state index contributed by atoms with van der Waals surface area (Å²) < 4.78 is 50.6. The molecular weight excluding hydrogens is 376 g/mol. The molecule has 1 amide bonds. The van der Waals surface area contributed by atoms with E-state index in [1.807, 2.05) is 0 Å². The zero-order valence-electron chi connectivity index (χ0n) is 14.3. The van der Waals surface area contributed by atoms with Crippen molar-refractivity contribution in [3.8, 4) is 0 Å². The smallest absolute Gasteiger partial charge is 0.366 e. The van der Waals surface area contributed by atoms with E-state index < -0.39 is 17.6 Å². The van der Waals surface area contributed by atoms with Gasteiger partial charge < -0.3 is 10.6 Å². The van der Waals surface area contributed by atoms with E-state index in [2.05, 4.69) is 20.6 Å². The zero-order chi connectivity index (χ0) is 20.1. The first-order valence-electron chi connectivity index (χ1n) is 8.10. The van der Waals surface area contributed by atoms with Gasteiger partial charge in [-0.15, -0.1) is 0 Å². The van der Waals surface area contributed by atoms with Gasteiger partial charge >= 0.3 is 6.18 Å². The van der Waals surface area contributed by atoms with Gasteiger partial charge in [0.05, 0.1) is 5.56 Å². The van der Waals surface area contributed by atoms with Gasteiger partial charge in [-0.05, 0) is 42.0 Å². The summed E-state index contributed by atoms with van der Waals surface area (Å²) in [4.78, 5) is 20.1. The maximum atomic E-state index is 12.9. The van der Waals surface area contributed by atoms with Crippen molar-refractivity contribution < 1.29 is 22.4 Å². The molecule has 0 radical (unpaired) electrons. The fraction of sp³-hybridized carbons (Fsp3) is 0.105. The van der Waals surface area contributed by atoms with Gasteiger partial charge in [0, 0.05) is 18.3 Å². The van der Waals surface area contributed by atoms with Crippen LogP contribution in [-0.2, 0) is 12.7 Å². The number of anilines is 2. The number of nitrogens with one attached hydrogen (secondary N) is 2. The van der Waals surface area contributed by atoms with Crippen LogP contribution >= 0.6 is 0 Å². The van der Waals surface area contributed by atoms with Crippen molar-refractivity contribution in [3.05, 3.63) is 83.6 Å². The summed E-state index contributed by atoms with van der Waals surface area (Å²) in [5, 5.41) is 5.46. The molecule has 2 aromatic carbocycles. The fourth-order valence-corrected chi connectivity index (χ4v) is 2.31. The van der Waals surface area contributed by atoms with Crippen LogP contribution in [0.25, 0.3) is 0 Å². The van der Waals surface area contributed by atoms with Crippen molar-refractivity contribution in [1.82, 2.24) is 9.97 Å². The van der Waals surface area contributed by atoms with Gasteiger partial charge in [-0.1, -0.05) is 12.1 Å². The second-order valence-corrected chi connectivity index (χ2v) is 5.80. The lowest BCUT2D eigenvalue weighted by molar-refractivity contribution is -0.137. The van der Waals surface area contributed by atoms with Gasteiger partial charge in [0.25, 0.3) is 5.91 Å². The number of halogens is 4. The summed E-state index contributed by atoms with van der Waals surface area (Å²) in [6.45, 7) is 0.358. The standard InChI is InChI=1S/C19H14F4N4O/c20-14-5-1-12(2-6-14)10-24-17-9-16(25-11-26-17)18(28)27-15-7-3-13(4-8-15)19(21,22)23/h1-9,11H,10H2,(H,27,28)(H,24,25,26). The monoisotopic (exact) mass is 390 g/mol. The molecule has 0 bridgehead atoms. The topological polar surface area (TPSA) is 66.9 Å². The van der Waals surface area contributed by atoms with Crippen LogP contribution in [0.2, 0.25) is 0 Å². The molecule has 0 atom stereocenters. The molecule has 0 aliphatic carbocycles. The first-order valence-corrected chi connectivity index (χ1v) is 8.10. The summed E-state index contributed by atoms with van der Waals surface area (Å²) in [5.74, 6) is -0.558. The average Bonchev–Trinajstić information content (AvgIpc) is 2.67. The van der Waals surface area contributed by atoms with Crippen molar-refractivity contribution in [2.45, 2.75) is 12.7 Å². The highest BCUT2D eigenvalue weighted by atomic mass is 19.4. The number of amides is 1. The Morgan fingerprint density at radius 1 is 0.964 bits per heavy atom. The molecule has 0 aliphatic rings. The van der Waals surface area contributed by atoms with E-state index in [1.54, 1.807) is 12.1 Å². The maximum Gasteiger partial charge on any atom is 0.416 e. The molecular formula is C19H14F4N4O. The number of rotatable bonds is 5. The van der Waals surface area contributed by atoms with E-state index in [1.165, 1.54) is 24.5 Å². The molecule has 3 rings (SSSR count). The Balaban J connectivity index is 1.64. The third kappa shape index (κ3) is 5.03. The molecule has 0 unspecified atom stereocenters. The van der Waals surface area contributed by atoms with E-state index >= 15 is 0 Å². The Morgan fingerprint density at radius 3 is 2.29 bits per heavy atom. The Bertz CT molecular complexity index is 957. The molecule has 0 aliphatic heterocycles. The number of hydrogen-bond acceptors (Lipinski definition) is 4. The molecule has 0 spiro atoms. The molecule has 0 fully saturated rings. The molecule has 1 heterocycles. The Labute approximate surface area is 157 Å². The second kappa shape index (κ2) is 8.03. The number of nitrogens with zero attached hydrogens (tertiary/aromatic N) is 2. The highest BCUT2D eigenvalue weighted by molar-refractivity contribution is 6.03. The highest BCUT2D eigenvalue weighted by Crippen LogP contribution is 2.29. The van der Waals surface area contributed by atoms with Crippen molar-refractivity contribution in [1.29, 1.82) is 0 Å². The van der Waals surface area contributed by atoms with Crippen LogP contribution in [0.15, 0.2) is 60.9 Å². The van der Waals surface area contributed by atoms with Gasteiger partial charge in [-0.3, -0.25) is 4.79 Å². The molecule has 0 saturated heterocycles. The minimum Gasteiger partial charge on any atom is -0.366 e. The van der Waals surface area contributed by atoms with Crippen molar-refractivity contribution in [2.24, 2.45) is 0 Å². The first-order chi connectivity index (χ1) is 13.3. The quantitative estimate of drug-likeness (QED) is 0.630. The minimum atomic E-state index is -4.44. The van der Waals surface area contributed by atoms with E-state index in [0.717, 1.165) is 29.8 Å². The Hall–Kier alpha value is -3.49. The molecule has 28 heavy (non-hydrogen) atoms. The molecule has 5 nitrogen and oxygen atoms in total. The number of carbonyl (C=O) groups excluding carboxylic acids is 1. The summed E-state index contributed by atoms with van der Waals surface area (Å²) in [6, 6.07) is 11.4. The van der Waals surface area contributed by atoms with Gasteiger partial charge in [-0.25, -0.2) is 14.4 Å². The van der Waals surface area contributed by atoms with Crippen molar-refractivity contribution in [2.75, 3.05) is 10.6 Å². The maximum absolute atomic E-state index is 12.9. The SMILES string of the molecule is O=C(Nc1ccc(C(F)(F)F)cc1)c1cc(NCc2ccc(F)cc2)ncn1. The minimum absolute atomic E-state index is 0.0384. The first kappa shape index (κ1) is 19.3. The largest absolute Gasteiger partial charge is 0.416 e. The number of aromatic nitrogens is 2. The van der Waals surface area contributed by atoms with Gasteiger partial charge in [-0.2, -0.15) is 13.2 Å². The zero-order valence-corrected chi connectivity index (χ0v) is 14.3. The molecule has 9 heteroatoms. The van der Waals surface area contributed by atoms with E-state index in [0.29, 0.717) is 12.4 Å². The van der Waals surface area contributed by atoms with E-state index in [-0.39, 0.29) is 17.2 Å². The fourth-order valence-electron chi connectivity index (χ4n) is 2.31. The van der Waals surface area contributed by atoms with Crippen LogP contribution in [-0.4, -0.2) is 15.9 Å². The van der Waals surface area contributed by atoms with Crippen molar-refractivity contribution in [3.63, 3.8) is 0 Å². The molecule has 2 N–H and O–H groups in total. The number of hydrogen-bond donors (Lipinski definition) is 2. The Kier molecular flexibility index (Phi) is 5.53. The summed E-state index contributed by atoms with van der Waals surface area (Å²) >= 11 is 0. The number of alkyl halides is 3. The normalized spacial score (nSPS) is 11.1. The third-order valence-corrected chi connectivity index (χ3v) is 3.76. The predicted octanol–water partition coefficient (Wildman–Crippen LogP) is 4.50. The van der Waals surface area contributed by atoms with Crippen molar-refractivity contribution >= 4 is 17.4 Å². The second-order valence-electron chi connectivity index (χ2n) is 5.80. The average molecular weight is 390 g/mol. The summed E-state index contributed by atoms with van der Waals surface area (Å²) in [5.41, 5.74) is 0.254. The predicted molar refractivity (Wildman–Crippen MR) is 95.2 cm³/mol. The summed E-state index contributed by atoms with van der Waals surface area (Å²) in [6.07, 6.45) is -3.26. The molecule has 3 aromatic rings. The lowest BCUT2D eigenvalue weighted by Crippen LogP contribution is -2.15. The number of benzene rings is 2. The molecule has 1 aromatic heterocycles. The van der Waals surface area contributed by atoms with E-state index in [9.17, 15) is 22.4 Å². The van der Waals surface area contributed by atoms with E-state index in [4.69, 9.17) is 0 Å². The molecule has 0 saturated carbocycles. The van der Waals surface area contributed by atoms with Crippen LogP contribution < -0.4 is 10.6 Å². The van der Waals surface area contributed by atoms with Crippen LogP contribution in [0.3, 0.4) is 0 Å². The Morgan fingerprint density at radius 2 is 1.64 bits per heavy atom. The third-order valence-electron chi connectivity index (χ3n) is 3.76.